The van der Waals surface area contributed by atoms with Crippen molar-refractivity contribution < 1.29 is 0 Å². The Bertz CT molecular complexity index is 572. The van der Waals surface area contributed by atoms with Gasteiger partial charge < -0.3 is 11.1 Å². The summed E-state index contributed by atoms with van der Waals surface area (Å²) in [5.41, 5.74) is 7.69. The van der Waals surface area contributed by atoms with E-state index in [1.165, 1.54) is 0 Å². The van der Waals surface area contributed by atoms with Crippen molar-refractivity contribution in [2.75, 3.05) is 11.1 Å². The van der Waals surface area contributed by atoms with Crippen molar-refractivity contribution in [3.8, 4) is 6.07 Å². The summed E-state index contributed by atoms with van der Waals surface area (Å²) in [5.74, 6) is 0.558. The van der Waals surface area contributed by atoms with Crippen LogP contribution < -0.4 is 11.1 Å². The Morgan fingerprint density at radius 3 is 2.72 bits per heavy atom. The van der Waals surface area contributed by atoms with Gasteiger partial charge in [-0.15, -0.1) is 0 Å². The molecule has 1 aromatic heterocycles. The molecular weight excluding hydrogens is 224 g/mol. The van der Waals surface area contributed by atoms with Crippen LogP contribution in [0.15, 0.2) is 42.6 Å². The van der Waals surface area contributed by atoms with Gasteiger partial charge in [-0.3, -0.25) is 0 Å². The second kappa shape index (κ2) is 5.19. The molecule has 0 fully saturated rings. The van der Waals surface area contributed by atoms with Crippen molar-refractivity contribution >= 4 is 11.5 Å². The van der Waals surface area contributed by atoms with Crippen LogP contribution in [0.5, 0.6) is 0 Å². The predicted octanol–water partition coefficient (Wildman–Crippen LogP) is 2.71. The number of hydrogen-bond acceptors (Lipinski definition) is 4. The van der Waals surface area contributed by atoms with E-state index in [-0.39, 0.29) is 6.04 Å². The number of pyridine rings is 1. The van der Waals surface area contributed by atoms with Crippen LogP contribution in [-0.4, -0.2) is 4.98 Å². The minimum absolute atomic E-state index is 0.0782. The van der Waals surface area contributed by atoms with Gasteiger partial charge in [-0.05, 0) is 18.6 Å². The van der Waals surface area contributed by atoms with Gasteiger partial charge in [0.25, 0.3) is 0 Å². The first-order chi connectivity index (χ1) is 8.70. The Morgan fingerprint density at radius 1 is 1.33 bits per heavy atom. The molecule has 0 spiro atoms. The monoisotopic (exact) mass is 238 g/mol. The standard InChI is InChI=1S/C14H14N4/c1-10(11-5-3-2-4-6-11)18-14-12(8-15)7-13(16)9-17-14/h2-7,9-10H,16H2,1H3,(H,17,18). The molecule has 2 rings (SSSR count). The fourth-order valence-electron chi connectivity index (χ4n) is 1.71. The molecule has 0 radical (unpaired) electrons. The van der Waals surface area contributed by atoms with Crippen LogP contribution in [0.25, 0.3) is 0 Å². The molecule has 2 aromatic rings. The van der Waals surface area contributed by atoms with Crippen LogP contribution in [0, 0.1) is 11.3 Å². The summed E-state index contributed by atoms with van der Waals surface area (Å²) < 4.78 is 0. The molecule has 0 aliphatic heterocycles. The van der Waals surface area contributed by atoms with Crippen molar-refractivity contribution in [1.29, 1.82) is 5.26 Å². The highest BCUT2D eigenvalue weighted by atomic mass is 15.0. The number of rotatable bonds is 3. The quantitative estimate of drug-likeness (QED) is 0.862. The number of hydrogen-bond donors (Lipinski definition) is 2. The molecule has 0 aliphatic rings. The highest BCUT2D eigenvalue weighted by molar-refractivity contribution is 5.58. The Morgan fingerprint density at radius 2 is 2.06 bits per heavy atom. The molecule has 0 aliphatic carbocycles. The highest BCUT2D eigenvalue weighted by Crippen LogP contribution is 2.21. The Kier molecular flexibility index (Phi) is 3.44. The van der Waals surface area contributed by atoms with Crippen molar-refractivity contribution in [3.63, 3.8) is 0 Å². The second-order valence-corrected chi connectivity index (χ2v) is 4.05. The van der Waals surface area contributed by atoms with Crippen molar-refractivity contribution in [3.05, 3.63) is 53.7 Å². The zero-order chi connectivity index (χ0) is 13.0. The van der Waals surface area contributed by atoms with Gasteiger partial charge in [-0.2, -0.15) is 5.26 Å². The topological polar surface area (TPSA) is 74.7 Å². The first-order valence-corrected chi connectivity index (χ1v) is 5.68. The van der Waals surface area contributed by atoms with E-state index in [2.05, 4.69) is 16.4 Å². The molecule has 0 saturated carbocycles. The maximum absolute atomic E-state index is 9.04. The third kappa shape index (κ3) is 2.58. The largest absolute Gasteiger partial charge is 0.397 e. The van der Waals surface area contributed by atoms with Gasteiger partial charge in [0.15, 0.2) is 0 Å². The maximum atomic E-state index is 9.04. The van der Waals surface area contributed by atoms with Crippen molar-refractivity contribution in [2.24, 2.45) is 0 Å². The minimum atomic E-state index is 0.0782. The van der Waals surface area contributed by atoms with E-state index < -0.39 is 0 Å². The zero-order valence-electron chi connectivity index (χ0n) is 10.1. The summed E-state index contributed by atoms with van der Waals surface area (Å²) in [6.07, 6.45) is 1.54. The predicted molar refractivity (Wildman–Crippen MR) is 71.8 cm³/mol. The Labute approximate surface area is 106 Å². The summed E-state index contributed by atoms with van der Waals surface area (Å²) in [7, 11) is 0. The van der Waals surface area contributed by atoms with E-state index in [0.717, 1.165) is 5.56 Å². The van der Waals surface area contributed by atoms with Crippen LogP contribution in [0.4, 0.5) is 11.5 Å². The molecular formula is C14H14N4. The lowest BCUT2D eigenvalue weighted by atomic mass is 10.1. The SMILES string of the molecule is CC(Nc1ncc(N)cc1C#N)c1ccccc1. The molecule has 1 unspecified atom stereocenters. The van der Waals surface area contributed by atoms with Gasteiger partial charge in [0.05, 0.1) is 17.4 Å². The second-order valence-electron chi connectivity index (χ2n) is 4.05. The number of benzene rings is 1. The lowest BCUT2D eigenvalue weighted by Crippen LogP contribution is -2.09. The molecule has 0 saturated heterocycles. The smallest absolute Gasteiger partial charge is 0.144 e. The number of nitrogen functional groups attached to an aromatic ring is 1. The summed E-state index contributed by atoms with van der Waals surface area (Å²) >= 11 is 0. The normalized spacial score (nSPS) is 11.6. The third-order valence-electron chi connectivity index (χ3n) is 2.68. The number of aromatic nitrogens is 1. The Hall–Kier alpha value is -2.54. The fraction of sp³-hybridized carbons (Fsp3) is 0.143. The molecule has 4 heteroatoms. The molecule has 3 N–H and O–H groups in total. The summed E-state index contributed by atoms with van der Waals surface area (Å²) in [5, 5.41) is 12.3. The van der Waals surface area contributed by atoms with Crippen LogP contribution >= 0.6 is 0 Å². The van der Waals surface area contributed by atoms with Crippen LogP contribution in [0.2, 0.25) is 0 Å². The van der Waals surface area contributed by atoms with Gasteiger partial charge >= 0.3 is 0 Å². The zero-order valence-corrected chi connectivity index (χ0v) is 10.1. The molecule has 90 valence electrons. The van der Waals surface area contributed by atoms with Crippen molar-refractivity contribution in [1.82, 2.24) is 4.98 Å². The Balaban J connectivity index is 2.22. The minimum Gasteiger partial charge on any atom is -0.397 e. The van der Waals surface area contributed by atoms with E-state index >= 15 is 0 Å². The average molecular weight is 238 g/mol. The lowest BCUT2D eigenvalue weighted by molar-refractivity contribution is 0.874. The molecule has 4 nitrogen and oxygen atoms in total. The summed E-state index contributed by atoms with van der Waals surface area (Å²) in [6.45, 7) is 2.02. The van der Waals surface area contributed by atoms with E-state index in [1.54, 1.807) is 12.3 Å². The molecule has 1 atom stereocenters. The molecule has 0 bridgehead atoms. The van der Waals surface area contributed by atoms with E-state index in [9.17, 15) is 0 Å². The van der Waals surface area contributed by atoms with Gasteiger partial charge in [0.2, 0.25) is 0 Å². The van der Waals surface area contributed by atoms with Gasteiger partial charge in [0.1, 0.15) is 11.9 Å². The van der Waals surface area contributed by atoms with E-state index in [0.29, 0.717) is 17.1 Å². The van der Waals surface area contributed by atoms with E-state index in [1.807, 2.05) is 37.3 Å². The average Bonchev–Trinajstić information content (AvgIpc) is 2.41. The first-order valence-electron chi connectivity index (χ1n) is 5.68. The molecule has 0 amide bonds. The van der Waals surface area contributed by atoms with Crippen molar-refractivity contribution in [2.45, 2.75) is 13.0 Å². The summed E-state index contributed by atoms with van der Waals surface area (Å²) in [6, 6.07) is 13.8. The van der Waals surface area contributed by atoms with Crippen LogP contribution in [0.1, 0.15) is 24.1 Å². The van der Waals surface area contributed by atoms with Crippen LogP contribution in [-0.2, 0) is 0 Å². The third-order valence-corrected chi connectivity index (χ3v) is 2.68. The van der Waals surface area contributed by atoms with Crippen LogP contribution in [0.3, 0.4) is 0 Å². The summed E-state index contributed by atoms with van der Waals surface area (Å²) in [4.78, 5) is 4.16. The van der Waals surface area contributed by atoms with Gasteiger partial charge in [-0.1, -0.05) is 30.3 Å². The highest BCUT2D eigenvalue weighted by Gasteiger charge is 2.09. The number of nitriles is 1. The lowest BCUT2D eigenvalue weighted by Gasteiger charge is -2.15. The first kappa shape index (κ1) is 11.9. The number of nitrogens with zero attached hydrogens (tertiary/aromatic N) is 2. The maximum Gasteiger partial charge on any atom is 0.144 e. The van der Waals surface area contributed by atoms with Gasteiger partial charge in [-0.25, -0.2) is 4.98 Å². The molecule has 1 heterocycles. The van der Waals surface area contributed by atoms with E-state index in [4.69, 9.17) is 11.0 Å². The number of nitrogens with one attached hydrogen (secondary N) is 1. The fourth-order valence-corrected chi connectivity index (χ4v) is 1.71. The molecule has 18 heavy (non-hydrogen) atoms. The van der Waals surface area contributed by atoms with Gasteiger partial charge in [0, 0.05) is 6.04 Å². The molecule has 1 aromatic carbocycles. The number of anilines is 2. The number of nitrogens with two attached hydrogens (primary N) is 1.